The molecule has 0 radical (unpaired) electrons. The molecule has 0 spiro atoms. The van der Waals surface area contributed by atoms with Crippen molar-refractivity contribution >= 4 is 11.8 Å². The monoisotopic (exact) mass is 196 g/mol. The third-order valence-electron chi connectivity index (χ3n) is 2.20. The molecule has 1 heterocycles. The maximum absolute atomic E-state index is 5.23. The van der Waals surface area contributed by atoms with Gasteiger partial charge in [-0.05, 0) is 24.1 Å². The molecule has 1 aromatic carbocycles. The van der Waals surface area contributed by atoms with E-state index in [2.05, 4.69) is 12.1 Å². The summed E-state index contributed by atoms with van der Waals surface area (Å²) in [5.41, 5.74) is 1.38. The van der Waals surface area contributed by atoms with Crippen LogP contribution in [0.4, 0.5) is 0 Å². The summed E-state index contributed by atoms with van der Waals surface area (Å²) in [5.74, 6) is 2.84. The van der Waals surface area contributed by atoms with Gasteiger partial charge in [-0.2, -0.15) is 0 Å². The number of methoxy groups -OCH3 is 2. The van der Waals surface area contributed by atoms with Crippen LogP contribution in [0, 0.1) is 0 Å². The summed E-state index contributed by atoms with van der Waals surface area (Å²) in [7, 11) is 3.34. The smallest absolute Gasteiger partial charge is 0.161 e. The molecule has 1 aromatic rings. The summed E-state index contributed by atoms with van der Waals surface area (Å²) in [6, 6.07) is 4.14. The molecule has 2 rings (SSSR count). The molecule has 0 saturated carbocycles. The molecule has 13 heavy (non-hydrogen) atoms. The van der Waals surface area contributed by atoms with E-state index in [1.54, 1.807) is 14.2 Å². The van der Waals surface area contributed by atoms with Crippen LogP contribution in [0.5, 0.6) is 11.5 Å². The molecule has 0 bridgehead atoms. The molecule has 0 N–H and O–H groups in total. The maximum Gasteiger partial charge on any atom is 0.161 e. The van der Waals surface area contributed by atoms with Gasteiger partial charge in [-0.3, -0.25) is 0 Å². The van der Waals surface area contributed by atoms with Crippen LogP contribution in [0.2, 0.25) is 0 Å². The minimum atomic E-state index is 0.829. The highest BCUT2D eigenvalue weighted by molar-refractivity contribution is 7.99. The third-order valence-corrected chi connectivity index (χ3v) is 3.29. The van der Waals surface area contributed by atoms with Gasteiger partial charge in [0.25, 0.3) is 0 Å². The first kappa shape index (κ1) is 8.75. The molecule has 0 atom stereocenters. The van der Waals surface area contributed by atoms with E-state index in [0.717, 1.165) is 17.9 Å². The van der Waals surface area contributed by atoms with E-state index < -0.39 is 0 Å². The summed E-state index contributed by atoms with van der Waals surface area (Å²) in [6.45, 7) is 0. The fourth-order valence-electron chi connectivity index (χ4n) is 1.50. The van der Waals surface area contributed by atoms with Gasteiger partial charge in [-0.25, -0.2) is 0 Å². The lowest BCUT2D eigenvalue weighted by Gasteiger charge is -2.09. The first-order valence-corrected chi connectivity index (χ1v) is 5.21. The number of rotatable bonds is 2. The van der Waals surface area contributed by atoms with Gasteiger partial charge < -0.3 is 9.47 Å². The van der Waals surface area contributed by atoms with Crippen molar-refractivity contribution in [3.63, 3.8) is 0 Å². The topological polar surface area (TPSA) is 18.5 Å². The Morgan fingerprint density at radius 3 is 2.54 bits per heavy atom. The van der Waals surface area contributed by atoms with Crippen molar-refractivity contribution in [2.75, 3.05) is 20.0 Å². The quantitative estimate of drug-likeness (QED) is 0.723. The fraction of sp³-hybridized carbons (Fsp3) is 0.400. The van der Waals surface area contributed by atoms with Crippen molar-refractivity contribution in [3.8, 4) is 11.5 Å². The van der Waals surface area contributed by atoms with Gasteiger partial charge in [-0.1, -0.05) is 0 Å². The van der Waals surface area contributed by atoms with Crippen molar-refractivity contribution in [2.24, 2.45) is 0 Å². The molecule has 0 saturated heterocycles. The SMILES string of the molecule is COc1cc2c(cc1OC)SCC2. The lowest BCUT2D eigenvalue weighted by molar-refractivity contribution is 0.353. The Morgan fingerprint density at radius 2 is 1.85 bits per heavy atom. The van der Waals surface area contributed by atoms with Gasteiger partial charge in [0.1, 0.15) is 0 Å². The van der Waals surface area contributed by atoms with E-state index in [4.69, 9.17) is 9.47 Å². The van der Waals surface area contributed by atoms with Crippen LogP contribution in [-0.4, -0.2) is 20.0 Å². The molecule has 2 nitrogen and oxygen atoms in total. The molecule has 3 heteroatoms. The molecule has 0 aromatic heterocycles. The van der Waals surface area contributed by atoms with Gasteiger partial charge >= 0.3 is 0 Å². The average molecular weight is 196 g/mol. The molecule has 1 aliphatic rings. The van der Waals surface area contributed by atoms with Crippen LogP contribution in [0.25, 0.3) is 0 Å². The zero-order valence-corrected chi connectivity index (χ0v) is 8.61. The molecular weight excluding hydrogens is 184 g/mol. The average Bonchev–Trinajstić information content (AvgIpc) is 2.62. The number of aryl methyl sites for hydroxylation is 1. The zero-order valence-electron chi connectivity index (χ0n) is 7.79. The molecule has 1 aliphatic heterocycles. The normalized spacial score (nSPS) is 14.0. The highest BCUT2D eigenvalue weighted by Crippen LogP contribution is 2.39. The minimum absolute atomic E-state index is 0.829. The summed E-state index contributed by atoms with van der Waals surface area (Å²) in [6.07, 6.45) is 1.14. The number of hydrogen-bond donors (Lipinski definition) is 0. The van der Waals surface area contributed by atoms with Crippen LogP contribution in [0.15, 0.2) is 17.0 Å². The van der Waals surface area contributed by atoms with E-state index in [9.17, 15) is 0 Å². The maximum atomic E-state index is 5.23. The highest BCUT2D eigenvalue weighted by atomic mass is 32.2. The van der Waals surface area contributed by atoms with E-state index in [1.165, 1.54) is 16.2 Å². The van der Waals surface area contributed by atoms with Gasteiger partial charge in [0.2, 0.25) is 0 Å². The van der Waals surface area contributed by atoms with Crippen LogP contribution in [0.3, 0.4) is 0 Å². The van der Waals surface area contributed by atoms with Gasteiger partial charge in [0, 0.05) is 10.6 Å². The Balaban J connectivity index is 2.47. The molecule has 0 fully saturated rings. The van der Waals surface area contributed by atoms with Crippen LogP contribution in [-0.2, 0) is 6.42 Å². The van der Waals surface area contributed by atoms with E-state index in [1.807, 2.05) is 11.8 Å². The lowest BCUT2D eigenvalue weighted by atomic mass is 10.1. The van der Waals surface area contributed by atoms with Crippen molar-refractivity contribution in [1.82, 2.24) is 0 Å². The predicted octanol–water partition coefficient (Wildman–Crippen LogP) is 2.35. The van der Waals surface area contributed by atoms with Crippen molar-refractivity contribution in [2.45, 2.75) is 11.3 Å². The van der Waals surface area contributed by atoms with Crippen LogP contribution < -0.4 is 9.47 Å². The van der Waals surface area contributed by atoms with Crippen molar-refractivity contribution in [3.05, 3.63) is 17.7 Å². The number of benzene rings is 1. The summed E-state index contributed by atoms with van der Waals surface area (Å²) in [4.78, 5) is 1.33. The predicted molar refractivity (Wildman–Crippen MR) is 54.0 cm³/mol. The number of ether oxygens (including phenoxy) is 2. The lowest BCUT2D eigenvalue weighted by Crippen LogP contribution is -1.92. The summed E-state index contributed by atoms with van der Waals surface area (Å²) in [5, 5.41) is 0. The second-order valence-electron chi connectivity index (χ2n) is 2.91. The first-order valence-electron chi connectivity index (χ1n) is 4.23. The zero-order chi connectivity index (χ0) is 9.26. The Bertz CT molecular complexity index is 292. The first-order chi connectivity index (χ1) is 6.35. The van der Waals surface area contributed by atoms with Crippen LogP contribution >= 0.6 is 11.8 Å². The van der Waals surface area contributed by atoms with Gasteiger partial charge in [0.05, 0.1) is 14.2 Å². The summed E-state index contributed by atoms with van der Waals surface area (Å²) >= 11 is 1.88. The Labute approximate surface area is 82.2 Å². The van der Waals surface area contributed by atoms with Crippen molar-refractivity contribution in [1.29, 1.82) is 0 Å². The van der Waals surface area contributed by atoms with E-state index >= 15 is 0 Å². The Kier molecular flexibility index (Phi) is 2.36. The largest absolute Gasteiger partial charge is 0.493 e. The number of fused-ring (bicyclic) bond motifs is 1. The fourth-order valence-corrected chi connectivity index (χ4v) is 2.58. The Hall–Kier alpha value is -0.830. The Morgan fingerprint density at radius 1 is 1.15 bits per heavy atom. The second kappa shape index (κ2) is 3.50. The minimum Gasteiger partial charge on any atom is -0.493 e. The van der Waals surface area contributed by atoms with E-state index in [0.29, 0.717) is 0 Å². The van der Waals surface area contributed by atoms with Crippen molar-refractivity contribution < 1.29 is 9.47 Å². The highest BCUT2D eigenvalue weighted by Gasteiger charge is 2.15. The molecule has 0 unspecified atom stereocenters. The summed E-state index contributed by atoms with van der Waals surface area (Å²) < 4.78 is 10.5. The van der Waals surface area contributed by atoms with Gasteiger partial charge in [0.15, 0.2) is 11.5 Å². The third kappa shape index (κ3) is 1.48. The standard InChI is InChI=1S/C10H12O2S/c1-11-8-5-7-3-4-13-10(7)6-9(8)12-2/h5-6H,3-4H2,1-2H3. The molecule has 70 valence electrons. The molecule has 0 aliphatic carbocycles. The molecular formula is C10H12O2S. The number of thioether (sulfide) groups is 1. The second-order valence-corrected chi connectivity index (χ2v) is 4.05. The molecule has 0 amide bonds. The van der Waals surface area contributed by atoms with E-state index in [-0.39, 0.29) is 0 Å². The van der Waals surface area contributed by atoms with Crippen LogP contribution in [0.1, 0.15) is 5.56 Å². The number of hydrogen-bond acceptors (Lipinski definition) is 3. The van der Waals surface area contributed by atoms with Gasteiger partial charge in [-0.15, -0.1) is 11.8 Å².